The minimum atomic E-state index is -0.526. The lowest BCUT2D eigenvalue weighted by Gasteiger charge is -2.34. The van der Waals surface area contributed by atoms with Crippen molar-refractivity contribution in [3.05, 3.63) is 210 Å². The van der Waals surface area contributed by atoms with E-state index in [1.807, 2.05) is 12.1 Å². The van der Waals surface area contributed by atoms with Crippen molar-refractivity contribution in [3.63, 3.8) is 0 Å². The Bertz CT molecular complexity index is 2930. The van der Waals surface area contributed by atoms with Gasteiger partial charge in [0.1, 0.15) is 22.3 Å². The molecule has 0 spiro atoms. The van der Waals surface area contributed by atoms with E-state index in [1.165, 1.54) is 33.4 Å². The molecule has 0 radical (unpaired) electrons. The molecule has 0 aliphatic heterocycles. The molecule has 0 saturated carbocycles. The maximum atomic E-state index is 6.84. The summed E-state index contributed by atoms with van der Waals surface area (Å²) in [7, 11) is 0. The quantitative estimate of drug-likeness (QED) is 0.183. The van der Waals surface area contributed by atoms with Crippen molar-refractivity contribution < 1.29 is 8.83 Å². The monoisotopic (exact) mass is 665 g/mol. The molecule has 1 aliphatic carbocycles. The van der Waals surface area contributed by atoms with E-state index >= 15 is 0 Å². The third-order valence-corrected chi connectivity index (χ3v) is 10.9. The highest BCUT2D eigenvalue weighted by molar-refractivity contribution is 6.10. The molecule has 11 rings (SSSR count). The van der Waals surface area contributed by atoms with E-state index in [0.717, 1.165) is 60.9 Å². The molecule has 3 heteroatoms. The molecule has 0 unspecified atom stereocenters. The summed E-state index contributed by atoms with van der Waals surface area (Å²) < 4.78 is 13.2. The summed E-state index contributed by atoms with van der Waals surface area (Å²) in [6, 6.07) is 67.1. The Kier molecular flexibility index (Phi) is 6.17. The van der Waals surface area contributed by atoms with Gasteiger partial charge in [-0.25, -0.2) is 0 Å². The van der Waals surface area contributed by atoms with Crippen LogP contribution in [-0.4, -0.2) is 0 Å². The fourth-order valence-electron chi connectivity index (χ4n) is 8.82. The molecule has 0 fully saturated rings. The molecule has 0 saturated heterocycles. The first kappa shape index (κ1) is 28.9. The first-order chi connectivity index (χ1) is 25.8. The molecule has 10 aromatic rings. The number of fused-ring (bicyclic) bond motifs is 9. The van der Waals surface area contributed by atoms with Gasteiger partial charge in [0.05, 0.1) is 5.41 Å². The third-order valence-electron chi connectivity index (χ3n) is 10.9. The molecule has 52 heavy (non-hydrogen) atoms. The lowest BCUT2D eigenvalue weighted by molar-refractivity contribution is 0.667. The highest BCUT2D eigenvalue weighted by Crippen LogP contribution is 2.58. The second-order valence-corrected chi connectivity index (χ2v) is 13.6. The van der Waals surface area contributed by atoms with Crippen LogP contribution >= 0.6 is 0 Å². The minimum absolute atomic E-state index is 0.526. The van der Waals surface area contributed by atoms with Crippen LogP contribution in [0.1, 0.15) is 22.3 Å². The number of hydrogen-bond acceptors (Lipinski definition) is 3. The van der Waals surface area contributed by atoms with Gasteiger partial charge in [-0.3, -0.25) is 0 Å². The number of hydrogen-bond donors (Lipinski definition) is 0. The number of rotatable bonds is 5. The molecule has 2 aromatic heterocycles. The van der Waals surface area contributed by atoms with Gasteiger partial charge in [0.25, 0.3) is 0 Å². The van der Waals surface area contributed by atoms with Gasteiger partial charge in [-0.1, -0.05) is 127 Å². The molecule has 0 bridgehead atoms. The second kappa shape index (κ2) is 11.1. The van der Waals surface area contributed by atoms with Crippen molar-refractivity contribution in [1.82, 2.24) is 0 Å². The first-order valence-electron chi connectivity index (χ1n) is 17.8. The van der Waals surface area contributed by atoms with E-state index in [-0.39, 0.29) is 0 Å². The Labute approximate surface area is 300 Å². The fraction of sp³-hybridized carbons (Fsp3) is 0.0204. The van der Waals surface area contributed by atoms with E-state index < -0.39 is 5.41 Å². The second-order valence-electron chi connectivity index (χ2n) is 13.6. The largest absolute Gasteiger partial charge is 0.456 e. The predicted molar refractivity (Wildman–Crippen MR) is 213 cm³/mol. The van der Waals surface area contributed by atoms with Crippen molar-refractivity contribution >= 4 is 60.9 Å². The Hall–Kier alpha value is -6.84. The number of benzene rings is 8. The van der Waals surface area contributed by atoms with Gasteiger partial charge in [-0.2, -0.15) is 0 Å². The normalized spacial score (nSPS) is 13.2. The van der Waals surface area contributed by atoms with Crippen molar-refractivity contribution in [2.24, 2.45) is 0 Å². The SMILES string of the molecule is c1ccc(N(c2ccc3c(c2)oc2ccccc23)c2ccc3c(c2)oc2cccc(C4(c5ccccc5)c5ccccc5-c5ccccc54)c23)cc1. The standard InChI is InChI=1S/C49H31NO2/c1-3-14-32(15-4-1)49(41-21-10-7-18-36(41)37-19-8-11-22-42(37)49)43-23-13-25-45-48(43)40-29-27-35(31-47(40)52-45)50(33-16-5-2-6-17-33)34-26-28-39-38-20-9-12-24-44(38)51-46(39)30-34/h1-31H. The summed E-state index contributed by atoms with van der Waals surface area (Å²) in [5, 5.41) is 4.45. The zero-order valence-electron chi connectivity index (χ0n) is 28.2. The van der Waals surface area contributed by atoms with Gasteiger partial charge >= 0.3 is 0 Å². The molecular weight excluding hydrogens is 635 g/mol. The zero-order chi connectivity index (χ0) is 34.2. The Balaban J connectivity index is 1.15. The van der Waals surface area contributed by atoms with Gasteiger partial charge in [-0.05, 0) is 81.9 Å². The zero-order valence-corrected chi connectivity index (χ0v) is 28.2. The fourth-order valence-corrected chi connectivity index (χ4v) is 8.82. The van der Waals surface area contributed by atoms with Crippen molar-refractivity contribution in [2.75, 3.05) is 4.90 Å². The average Bonchev–Trinajstić information content (AvgIpc) is 3.87. The molecule has 2 heterocycles. The minimum Gasteiger partial charge on any atom is -0.456 e. The lowest BCUT2D eigenvalue weighted by Crippen LogP contribution is -2.28. The van der Waals surface area contributed by atoms with Crippen molar-refractivity contribution in [1.29, 1.82) is 0 Å². The average molecular weight is 666 g/mol. The molecule has 1 aliphatic rings. The molecule has 0 N–H and O–H groups in total. The Morgan fingerprint density at radius 2 is 0.865 bits per heavy atom. The molecule has 0 amide bonds. The topological polar surface area (TPSA) is 29.5 Å². The van der Waals surface area contributed by atoms with Crippen LogP contribution in [0.3, 0.4) is 0 Å². The summed E-state index contributed by atoms with van der Waals surface area (Å²) in [6.07, 6.45) is 0. The number of furan rings is 2. The van der Waals surface area contributed by atoms with E-state index in [9.17, 15) is 0 Å². The van der Waals surface area contributed by atoms with Crippen molar-refractivity contribution in [2.45, 2.75) is 5.41 Å². The molecule has 8 aromatic carbocycles. The summed E-state index contributed by atoms with van der Waals surface area (Å²) in [6.45, 7) is 0. The van der Waals surface area contributed by atoms with Gasteiger partial charge in [-0.15, -0.1) is 0 Å². The van der Waals surface area contributed by atoms with E-state index in [4.69, 9.17) is 8.83 Å². The van der Waals surface area contributed by atoms with Crippen LogP contribution in [0.25, 0.3) is 55.0 Å². The third kappa shape index (κ3) is 4.02. The van der Waals surface area contributed by atoms with Crippen LogP contribution in [0, 0.1) is 0 Å². The van der Waals surface area contributed by atoms with Crippen LogP contribution in [0.2, 0.25) is 0 Å². The first-order valence-corrected chi connectivity index (χ1v) is 17.8. The number of para-hydroxylation sites is 2. The summed E-state index contributed by atoms with van der Waals surface area (Å²) in [4.78, 5) is 2.27. The van der Waals surface area contributed by atoms with Crippen molar-refractivity contribution in [3.8, 4) is 11.1 Å². The summed E-state index contributed by atoms with van der Waals surface area (Å²) in [5.41, 5.74) is 13.6. The van der Waals surface area contributed by atoms with Gasteiger partial charge in [0.2, 0.25) is 0 Å². The highest BCUT2D eigenvalue weighted by atomic mass is 16.3. The number of anilines is 3. The van der Waals surface area contributed by atoms with Crippen LogP contribution in [0.15, 0.2) is 197 Å². The maximum absolute atomic E-state index is 6.84. The Morgan fingerprint density at radius 3 is 1.60 bits per heavy atom. The van der Waals surface area contributed by atoms with Crippen LogP contribution in [0.5, 0.6) is 0 Å². The highest BCUT2D eigenvalue weighted by Gasteiger charge is 2.47. The molecule has 3 nitrogen and oxygen atoms in total. The van der Waals surface area contributed by atoms with Gasteiger partial charge in [0.15, 0.2) is 0 Å². The number of nitrogens with zero attached hydrogens (tertiary/aromatic N) is 1. The molecule has 244 valence electrons. The lowest BCUT2D eigenvalue weighted by atomic mass is 9.66. The van der Waals surface area contributed by atoms with E-state index in [1.54, 1.807) is 0 Å². The van der Waals surface area contributed by atoms with Gasteiger partial charge < -0.3 is 13.7 Å². The van der Waals surface area contributed by atoms with Gasteiger partial charge in [0, 0.05) is 50.7 Å². The predicted octanol–water partition coefficient (Wildman–Crippen LogP) is 13.3. The molecular formula is C49H31NO2. The molecule has 0 atom stereocenters. The summed E-state index contributed by atoms with van der Waals surface area (Å²) >= 11 is 0. The van der Waals surface area contributed by atoms with Crippen LogP contribution < -0.4 is 4.90 Å². The Morgan fingerprint density at radius 1 is 0.346 bits per heavy atom. The smallest absolute Gasteiger partial charge is 0.137 e. The van der Waals surface area contributed by atoms with E-state index in [2.05, 4.69) is 181 Å². The van der Waals surface area contributed by atoms with Crippen LogP contribution in [0.4, 0.5) is 17.1 Å². The van der Waals surface area contributed by atoms with Crippen LogP contribution in [-0.2, 0) is 5.41 Å². The maximum Gasteiger partial charge on any atom is 0.137 e. The summed E-state index contributed by atoms with van der Waals surface area (Å²) in [5.74, 6) is 0. The van der Waals surface area contributed by atoms with E-state index in [0.29, 0.717) is 0 Å².